The van der Waals surface area contributed by atoms with Gasteiger partial charge in [0.15, 0.2) is 0 Å². The molecule has 2 aromatic rings. The molecule has 3 unspecified atom stereocenters. The van der Waals surface area contributed by atoms with Crippen LogP contribution in [0.4, 0.5) is 13.2 Å². The quantitative estimate of drug-likeness (QED) is 0.673. The zero-order valence-electron chi connectivity index (χ0n) is 19.0. The minimum Gasteiger partial charge on any atom is -0.372 e. The van der Waals surface area contributed by atoms with Crippen LogP contribution < -0.4 is 5.32 Å². The van der Waals surface area contributed by atoms with Crippen molar-refractivity contribution in [1.29, 1.82) is 0 Å². The van der Waals surface area contributed by atoms with E-state index in [1.807, 2.05) is 13.8 Å². The number of morpholine rings is 1. The highest BCUT2D eigenvalue weighted by atomic mass is 19.4. The molecule has 1 aliphatic rings. The third-order valence-corrected chi connectivity index (χ3v) is 5.70. The van der Waals surface area contributed by atoms with Gasteiger partial charge in [0.1, 0.15) is 0 Å². The molecule has 0 aliphatic carbocycles. The molecule has 0 radical (unpaired) electrons. The van der Waals surface area contributed by atoms with E-state index in [-0.39, 0.29) is 36.4 Å². The summed E-state index contributed by atoms with van der Waals surface area (Å²) in [5.41, 5.74) is 1.41. The molecule has 0 aromatic heterocycles. The second kappa shape index (κ2) is 10.4. The van der Waals surface area contributed by atoms with Crippen LogP contribution in [0.1, 0.15) is 60.2 Å². The molecule has 1 N–H and O–H groups in total. The van der Waals surface area contributed by atoms with Crippen LogP contribution >= 0.6 is 0 Å². The van der Waals surface area contributed by atoms with Crippen molar-refractivity contribution in [2.45, 2.75) is 58.0 Å². The van der Waals surface area contributed by atoms with E-state index in [0.717, 1.165) is 17.7 Å². The molecule has 1 aliphatic heterocycles. The van der Waals surface area contributed by atoms with Gasteiger partial charge in [0.2, 0.25) is 5.91 Å². The lowest BCUT2D eigenvalue weighted by atomic mass is 9.96. The lowest BCUT2D eigenvalue weighted by Crippen LogP contribution is -2.48. The van der Waals surface area contributed by atoms with E-state index in [9.17, 15) is 22.8 Å². The molecule has 3 atom stereocenters. The highest BCUT2D eigenvalue weighted by Crippen LogP contribution is 2.30. The molecule has 2 amide bonds. The fraction of sp³-hybridized carbons (Fsp3) is 0.440. The Morgan fingerprint density at radius 1 is 1.03 bits per heavy atom. The molecule has 0 saturated carbocycles. The first-order valence-corrected chi connectivity index (χ1v) is 11.0. The Bertz CT molecular complexity index is 948. The summed E-state index contributed by atoms with van der Waals surface area (Å²) in [6.45, 7) is 7.10. The van der Waals surface area contributed by atoms with Gasteiger partial charge in [0.05, 0.1) is 17.8 Å². The van der Waals surface area contributed by atoms with Crippen LogP contribution in [0.15, 0.2) is 48.5 Å². The zero-order chi connectivity index (χ0) is 24.2. The third kappa shape index (κ3) is 6.81. The molecule has 178 valence electrons. The summed E-state index contributed by atoms with van der Waals surface area (Å²) in [6.07, 6.45) is -4.22. The van der Waals surface area contributed by atoms with Crippen molar-refractivity contribution in [3.8, 4) is 0 Å². The van der Waals surface area contributed by atoms with Crippen LogP contribution in [0.3, 0.4) is 0 Å². The Balaban J connectivity index is 1.49. The number of amides is 2. The molecule has 33 heavy (non-hydrogen) atoms. The number of carbonyl (C=O) groups is 2. The summed E-state index contributed by atoms with van der Waals surface area (Å²) in [5.74, 6) is -0.456. The smallest absolute Gasteiger partial charge is 0.372 e. The number of alkyl halides is 3. The standard InChI is InChI=1S/C25H29F3N2O3/c1-16(20-8-10-22(11-9-20)25(26,27)28)12-23(31)29-13-19-4-6-21(7-5-19)24(32)30-14-17(2)33-18(3)15-30/h4-11,16-18H,12-15H2,1-3H3,(H,29,31). The number of hydrogen-bond donors (Lipinski definition) is 1. The number of nitrogens with one attached hydrogen (secondary N) is 1. The maximum atomic E-state index is 12.7. The number of hydrogen-bond acceptors (Lipinski definition) is 3. The minimum absolute atomic E-state index is 0.00264. The number of benzene rings is 2. The van der Waals surface area contributed by atoms with Gasteiger partial charge in [-0.1, -0.05) is 31.2 Å². The largest absolute Gasteiger partial charge is 0.416 e. The van der Waals surface area contributed by atoms with Crippen molar-refractivity contribution in [2.75, 3.05) is 13.1 Å². The number of nitrogens with zero attached hydrogens (tertiary/aromatic N) is 1. The summed E-state index contributed by atoms with van der Waals surface area (Å²) in [6, 6.07) is 12.0. The Morgan fingerprint density at radius 2 is 1.61 bits per heavy atom. The van der Waals surface area contributed by atoms with E-state index in [2.05, 4.69) is 5.32 Å². The van der Waals surface area contributed by atoms with Crippen LogP contribution in [0.2, 0.25) is 0 Å². The molecule has 2 aromatic carbocycles. The second-order valence-corrected chi connectivity index (χ2v) is 8.67. The van der Waals surface area contributed by atoms with Crippen LogP contribution in [-0.2, 0) is 22.3 Å². The average Bonchev–Trinajstić information content (AvgIpc) is 2.76. The van der Waals surface area contributed by atoms with Gasteiger partial charge in [-0.3, -0.25) is 9.59 Å². The number of rotatable bonds is 6. The Morgan fingerprint density at radius 3 is 2.15 bits per heavy atom. The minimum atomic E-state index is -4.38. The summed E-state index contributed by atoms with van der Waals surface area (Å²) >= 11 is 0. The first kappa shape index (κ1) is 24.8. The molecular formula is C25H29F3N2O3. The molecule has 1 heterocycles. The monoisotopic (exact) mass is 462 g/mol. The maximum absolute atomic E-state index is 12.7. The lowest BCUT2D eigenvalue weighted by molar-refractivity contribution is -0.137. The summed E-state index contributed by atoms with van der Waals surface area (Å²) in [5, 5.41) is 2.83. The molecule has 8 heteroatoms. The van der Waals surface area contributed by atoms with Gasteiger partial charge in [-0.25, -0.2) is 0 Å². The molecule has 0 spiro atoms. The lowest BCUT2D eigenvalue weighted by Gasteiger charge is -2.35. The van der Waals surface area contributed by atoms with E-state index in [0.29, 0.717) is 30.8 Å². The van der Waals surface area contributed by atoms with Crippen molar-refractivity contribution >= 4 is 11.8 Å². The van der Waals surface area contributed by atoms with Crippen LogP contribution in [0, 0.1) is 0 Å². The van der Waals surface area contributed by atoms with Gasteiger partial charge in [0.25, 0.3) is 5.91 Å². The van der Waals surface area contributed by atoms with Crippen molar-refractivity contribution in [3.63, 3.8) is 0 Å². The second-order valence-electron chi connectivity index (χ2n) is 8.67. The van der Waals surface area contributed by atoms with E-state index < -0.39 is 11.7 Å². The van der Waals surface area contributed by atoms with E-state index >= 15 is 0 Å². The number of ether oxygens (including phenoxy) is 1. The van der Waals surface area contributed by atoms with Gasteiger partial charge >= 0.3 is 6.18 Å². The molecule has 1 saturated heterocycles. The van der Waals surface area contributed by atoms with E-state index in [1.165, 1.54) is 12.1 Å². The Kier molecular flexibility index (Phi) is 7.79. The fourth-order valence-electron chi connectivity index (χ4n) is 3.96. The topological polar surface area (TPSA) is 58.6 Å². The van der Waals surface area contributed by atoms with Gasteiger partial charge < -0.3 is 15.0 Å². The Labute approximate surface area is 191 Å². The van der Waals surface area contributed by atoms with Gasteiger partial charge in [-0.15, -0.1) is 0 Å². The first-order chi connectivity index (χ1) is 15.5. The van der Waals surface area contributed by atoms with Crippen molar-refractivity contribution in [2.24, 2.45) is 0 Å². The van der Waals surface area contributed by atoms with Gasteiger partial charge in [0, 0.05) is 31.6 Å². The SMILES string of the molecule is CC1CN(C(=O)c2ccc(CNC(=O)CC(C)c3ccc(C(F)(F)F)cc3)cc2)CC(C)O1. The van der Waals surface area contributed by atoms with Gasteiger partial charge in [-0.05, 0) is 55.2 Å². The van der Waals surface area contributed by atoms with E-state index in [4.69, 9.17) is 4.74 Å². The highest BCUT2D eigenvalue weighted by molar-refractivity contribution is 5.94. The highest BCUT2D eigenvalue weighted by Gasteiger charge is 2.30. The molecule has 5 nitrogen and oxygen atoms in total. The summed E-state index contributed by atoms with van der Waals surface area (Å²) in [7, 11) is 0. The first-order valence-electron chi connectivity index (χ1n) is 11.0. The zero-order valence-corrected chi connectivity index (χ0v) is 19.0. The van der Waals surface area contributed by atoms with Crippen molar-refractivity contribution in [3.05, 3.63) is 70.8 Å². The number of carbonyl (C=O) groups excluding carboxylic acids is 2. The predicted molar refractivity (Wildman–Crippen MR) is 119 cm³/mol. The van der Waals surface area contributed by atoms with Crippen LogP contribution in [0.5, 0.6) is 0 Å². The molecule has 1 fully saturated rings. The molecular weight excluding hydrogens is 433 g/mol. The van der Waals surface area contributed by atoms with E-state index in [1.54, 1.807) is 36.1 Å². The predicted octanol–water partition coefficient (Wildman–Crippen LogP) is 4.76. The van der Waals surface area contributed by atoms with Gasteiger partial charge in [-0.2, -0.15) is 13.2 Å². The third-order valence-electron chi connectivity index (χ3n) is 5.70. The maximum Gasteiger partial charge on any atom is 0.416 e. The number of halogens is 3. The molecule has 3 rings (SSSR count). The van der Waals surface area contributed by atoms with Crippen molar-refractivity contribution in [1.82, 2.24) is 10.2 Å². The van der Waals surface area contributed by atoms with Crippen molar-refractivity contribution < 1.29 is 27.5 Å². The van der Waals surface area contributed by atoms with Crippen LogP contribution in [0.25, 0.3) is 0 Å². The summed E-state index contributed by atoms with van der Waals surface area (Å²) < 4.78 is 43.8. The Hall–Kier alpha value is -2.87. The van der Waals surface area contributed by atoms with Crippen LogP contribution in [-0.4, -0.2) is 42.0 Å². The molecule has 0 bridgehead atoms. The normalized spacial score (nSPS) is 19.8. The fourth-order valence-corrected chi connectivity index (χ4v) is 3.96. The summed E-state index contributed by atoms with van der Waals surface area (Å²) in [4.78, 5) is 26.8. The average molecular weight is 463 g/mol.